The molecule has 0 aromatic heterocycles. The summed E-state index contributed by atoms with van der Waals surface area (Å²) in [5.41, 5.74) is 0.936. The number of amides is 3. The monoisotopic (exact) mass is 373 g/mol. The molecule has 0 saturated carbocycles. The van der Waals surface area contributed by atoms with E-state index in [1.165, 1.54) is 0 Å². The summed E-state index contributed by atoms with van der Waals surface area (Å²) in [7, 11) is 0. The van der Waals surface area contributed by atoms with E-state index in [-0.39, 0.29) is 30.4 Å². The van der Waals surface area contributed by atoms with E-state index in [9.17, 15) is 19.5 Å². The summed E-state index contributed by atoms with van der Waals surface area (Å²) in [6.45, 7) is 3.86. The molecule has 2 aliphatic heterocycles. The molecule has 1 aromatic rings. The van der Waals surface area contributed by atoms with Crippen LogP contribution in [0.5, 0.6) is 0 Å². The molecule has 0 spiro atoms. The topological polar surface area (TPSA) is 89.9 Å². The van der Waals surface area contributed by atoms with E-state index in [2.05, 4.69) is 5.32 Å². The van der Waals surface area contributed by atoms with Gasteiger partial charge in [-0.25, -0.2) is 4.79 Å². The highest BCUT2D eigenvalue weighted by Crippen LogP contribution is 2.23. The average molecular weight is 373 g/mol. The molecule has 0 aliphatic carbocycles. The largest absolute Gasteiger partial charge is 0.481 e. The first kappa shape index (κ1) is 19.2. The Bertz CT molecular complexity index is 694. The van der Waals surface area contributed by atoms with Gasteiger partial charge in [-0.15, -0.1) is 0 Å². The van der Waals surface area contributed by atoms with Crippen molar-refractivity contribution in [2.24, 2.45) is 11.8 Å². The van der Waals surface area contributed by atoms with Gasteiger partial charge in [0.25, 0.3) is 0 Å². The maximum atomic E-state index is 12.9. The number of rotatable bonds is 5. The molecule has 0 radical (unpaired) electrons. The second-order valence-electron chi connectivity index (χ2n) is 7.64. The van der Waals surface area contributed by atoms with Crippen molar-refractivity contribution in [1.29, 1.82) is 0 Å². The number of hydrogen-bond acceptors (Lipinski definition) is 3. The molecule has 0 bridgehead atoms. The predicted molar refractivity (Wildman–Crippen MR) is 100 cm³/mol. The normalized spacial score (nSPS) is 24.0. The summed E-state index contributed by atoms with van der Waals surface area (Å²) < 4.78 is 0. The molecular weight excluding hydrogens is 346 g/mol. The van der Waals surface area contributed by atoms with E-state index < -0.39 is 11.9 Å². The summed E-state index contributed by atoms with van der Waals surface area (Å²) in [5, 5.41) is 12.4. The number of carbonyl (C=O) groups is 3. The van der Waals surface area contributed by atoms with Crippen LogP contribution >= 0.6 is 0 Å². The molecule has 3 atom stereocenters. The number of likely N-dealkylation sites (tertiary alicyclic amines) is 2. The third-order valence-electron chi connectivity index (χ3n) is 5.37. The predicted octanol–water partition coefficient (Wildman–Crippen LogP) is 2.10. The Morgan fingerprint density at radius 2 is 2.00 bits per heavy atom. The maximum Gasteiger partial charge on any atom is 0.317 e. The molecule has 2 heterocycles. The Kier molecular flexibility index (Phi) is 5.98. The fourth-order valence-corrected chi connectivity index (χ4v) is 3.97. The third-order valence-corrected chi connectivity index (χ3v) is 5.37. The van der Waals surface area contributed by atoms with Gasteiger partial charge in [0, 0.05) is 32.6 Å². The van der Waals surface area contributed by atoms with Crippen LogP contribution in [0.4, 0.5) is 4.79 Å². The number of piperidine rings is 1. The number of aliphatic carboxylic acids is 1. The third kappa shape index (κ3) is 4.78. The lowest BCUT2D eigenvalue weighted by molar-refractivity contribution is -0.143. The number of benzene rings is 1. The number of urea groups is 1. The van der Waals surface area contributed by atoms with Gasteiger partial charge >= 0.3 is 12.0 Å². The van der Waals surface area contributed by atoms with Crippen molar-refractivity contribution in [1.82, 2.24) is 15.1 Å². The fourth-order valence-electron chi connectivity index (χ4n) is 3.97. The SMILES string of the molecule is C[C@@H]1C[C@H](C(=O)O)CN(C(=O)N[C@H](CN2CCCC2=O)c2ccccc2)C1. The van der Waals surface area contributed by atoms with Gasteiger partial charge in [-0.1, -0.05) is 37.3 Å². The zero-order chi connectivity index (χ0) is 19.4. The van der Waals surface area contributed by atoms with Crippen molar-refractivity contribution in [3.05, 3.63) is 35.9 Å². The van der Waals surface area contributed by atoms with E-state index in [0.29, 0.717) is 32.5 Å². The zero-order valence-corrected chi connectivity index (χ0v) is 15.6. The maximum absolute atomic E-state index is 12.9. The molecular formula is C20H27N3O4. The molecule has 2 aliphatic rings. The van der Waals surface area contributed by atoms with Crippen LogP contribution in [0, 0.1) is 11.8 Å². The highest BCUT2D eigenvalue weighted by molar-refractivity contribution is 5.79. The molecule has 3 rings (SSSR count). The summed E-state index contributed by atoms with van der Waals surface area (Å²) >= 11 is 0. The van der Waals surface area contributed by atoms with Gasteiger partial charge in [0.1, 0.15) is 0 Å². The van der Waals surface area contributed by atoms with E-state index >= 15 is 0 Å². The first-order valence-corrected chi connectivity index (χ1v) is 9.55. The van der Waals surface area contributed by atoms with E-state index in [1.807, 2.05) is 37.3 Å². The van der Waals surface area contributed by atoms with Crippen molar-refractivity contribution in [2.45, 2.75) is 32.2 Å². The van der Waals surface area contributed by atoms with Crippen LogP contribution < -0.4 is 5.32 Å². The minimum Gasteiger partial charge on any atom is -0.481 e. The molecule has 7 nitrogen and oxygen atoms in total. The first-order chi connectivity index (χ1) is 12.9. The van der Waals surface area contributed by atoms with E-state index in [1.54, 1.807) is 9.80 Å². The highest BCUT2D eigenvalue weighted by Gasteiger charge is 2.33. The number of carboxylic acid groups (broad SMARTS) is 1. The Balaban J connectivity index is 1.72. The van der Waals surface area contributed by atoms with Crippen LogP contribution in [0.1, 0.15) is 37.8 Å². The number of hydrogen-bond donors (Lipinski definition) is 2. The first-order valence-electron chi connectivity index (χ1n) is 9.55. The Morgan fingerprint density at radius 3 is 2.63 bits per heavy atom. The van der Waals surface area contributed by atoms with Gasteiger partial charge < -0.3 is 20.2 Å². The minimum absolute atomic E-state index is 0.114. The molecule has 3 amide bonds. The van der Waals surface area contributed by atoms with Crippen LogP contribution in [-0.2, 0) is 9.59 Å². The summed E-state index contributed by atoms with van der Waals surface area (Å²) in [5.74, 6) is -1.14. The standard InChI is InChI=1S/C20H27N3O4/c1-14-10-16(19(25)26)12-23(11-14)20(27)21-17(15-6-3-2-4-7-15)13-22-9-5-8-18(22)24/h2-4,6-7,14,16-17H,5,8-13H2,1H3,(H,21,27)(H,25,26)/t14-,16+,17-/m1/s1. The number of carbonyl (C=O) groups excluding carboxylic acids is 2. The van der Waals surface area contributed by atoms with Crippen molar-refractivity contribution >= 4 is 17.9 Å². The van der Waals surface area contributed by atoms with Crippen LogP contribution in [-0.4, -0.2) is 59.0 Å². The quantitative estimate of drug-likeness (QED) is 0.827. The molecule has 27 heavy (non-hydrogen) atoms. The van der Waals surface area contributed by atoms with Crippen molar-refractivity contribution in [2.75, 3.05) is 26.2 Å². The van der Waals surface area contributed by atoms with E-state index in [0.717, 1.165) is 12.0 Å². The number of carboxylic acids is 1. The van der Waals surface area contributed by atoms with Crippen molar-refractivity contribution in [3.8, 4) is 0 Å². The van der Waals surface area contributed by atoms with Crippen LogP contribution in [0.3, 0.4) is 0 Å². The van der Waals surface area contributed by atoms with Gasteiger partial charge in [-0.3, -0.25) is 9.59 Å². The Morgan fingerprint density at radius 1 is 1.26 bits per heavy atom. The van der Waals surface area contributed by atoms with Crippen LogP contribution in [0.2, 0.25) is 0 Å². The highest BCUT2D eigenvalue weighted by atomic mass is 16.4. The average Bonchev–Trinajstić information content (AvgIpc) is 3.06. The number of nitrogens with zero attached hydrogens (tertiary/aromatic N) is 2. The second-order valence-corrected chi connectivity index (χ2v) is 7.64. The van der Waals surface area contributed by atoms with Gasteiger partial charge in [0.15, 0.2) is 0 Å². The van der Waals surface area contributed by atoms with Gasteiger partial charge in [-0.2, -0.15) is 0 Å². The van der Waals surface area contributed by atoms with Crippen molar-refractivity contribution in [3.63, 3.8) is 0 Å². The molecule has 146 valence electrons. The summed E-state index contributed by atoms with van der Waals surface area (Å²) in [6, 6.07) is 9.00. The van der Waals surface area contributed by atoms with E-state index in [4.69, 9.17) is 0 Å². The van der Waals surface area contributed by atoms with Gasteiger partial charge in [-0.05, 0) is 24.3 Å². The molecule has 2 saturated heterocycles. The lowest BCUT2D eigenvalue weighted by Crippen LogP contribution is -2.51. The fraction of sp³-hybridized carbons (Fsp3) is 0.550. The lowest BCUT2D eigenvalue weighted by Gasteiger charge is -2.36. The Labute approximate surface area is 159 Å². The second kappa shape index (κ2) is 8.41. The summed E-state index contributed by atoms with van der Waals surface area (Å²) in [4.78, 5) is 39.7. The molecule has 2 fully saturated rings. The number of nitrogens with one attached hydrogen (secondary N) is 1. The van der Waals surface area contributed by atoms with Crippen molar-refractivity contribution < 1.29 is 19.5 Å². The van der Waals surface area contributed by atoms with Gasteiger partial charge in [0.2, 0.25) is 5.91 Å². The lowest BCUT2D eigenvalue weighted by atomic mass is 9.91. The summed E-state index contributed by atoms with van der Waals surface area (Å²) in [6.07, 6.45) is 1.99. The molecule has 0 unspecified atom stereocenters. The molecule has 7 heteroatoms. The molecule has 1 aromatic carbocycles. The smallest absolute Gasteiger partial charge is 0.317 e. The van der Waals surface area contributed by atoms with Crippen LogP contribution in [0.15, 0.2) is 30.3 Å². The van der Waals surface area contributed by atoms with Crippen LogP contribution in [0.25, 0.3) is 0 Å². The zero-order valence-electron chi connectivity index (χ0n) is 15.6. The minimum atomic E-state index is -0.860. The molecule has 2 N–H and O–H groups in total. The van der Waals surface area contributed by atoms with Gasteiger partial charge in [0.05, 0.1) is 12.0 Å². The Hall–Kier alpha value is -2.57.